The Morgan fingerprint density at radius 3 is 2.49 bits per heavy atom. The number of rotatable bonds is 8. The van der Waals surface area contributed by atoms with Gasteiger partial charge >= 0.3 is 0 Å². The summed E-state index contributed by atoms with van der Waals surface area (Å²) in [6.45, 7) is 7.84. The minimum atomic E-state index is -0.544. The van der Waals surface area contributed by atoms with Gasteiger partial charge < -0.3 is 24.3 Å². The van der Waals surface area contributed by atoms with Crippen molar-refractivity contribution in [1.82, 2.24) is 19.8 Å². The topological polar surface area (TPSA) is 101 Å². The van der Waals surface area contributed by atoms with Crippen LogP contribution in [0.3, 0.4) is 0 Å². The molecule has 1 aliphatic heterocycles. The van der Waals surface area contributed by atoms with Crippen LogP contribution in [0.2, 0.25) is 0 Å². The van der Waals surface area contributed by atoms with Crippen LogP contribution >= 0.6 is 0 Å². The van der Waals surface area contributed by atoms with Crippen molar-refractivity contribution < 1.29 is 27.8 Å². The number of morpholine rings is 1. The fraction of sp³-hybridized carbons (Fsp3) is 0.500. The highest BCUT2D eigenvalue weighted by atomic mass is 19.1. The number of aromatic amines is 1. The summed E-state index contributed by atoms with van der Waals surface area (Å²) in [5.41, 5.74) is 1.65. The van der Waals surface area contributed by atoms with Crippen molar-refractivity contribution in [2.75, 3.05) is 39.5 Å². The highest BCUT2D eigenvalue weighted by molar-refractivity contribution is 5.95. The lowest BCUT2D eigenvalue weighted by Gasteiger charge is -2.29. The molecule has 5 rings (SSSR count). The number of nitrogens with zero attached hydrogens (tertiary/aromatic N) is 3. The zero-order valence-electron chi connectivity index (χ0n) is 23.5. The molecule has 9 nitrogen and oxygen atoms in total. The number of hydrogen-bond acceptors (Lipinski definition) is 5. The molecular weight excluding hydrogens is 532 g/mol. The number of amides is 2. The fourth-order valence-corrected chi connectivity index (χ4v) is 5.56. The number of imidazole rings is 1. The molecule has 0 unspecified atom stereocenters. The SMILES string of the molecule is CC(C)NC(=O)[C@H]1CC[C@@H](n2/c(=N/C(=O)c3ccc(F)cc3)[nH]c3cc(F)c(OCCN4CCOCC4)cc32)CC1. The van der Waals surface area contributed by atoms with Gasteiger partial charge in [0.25, 0.3) is 5.91 Å². The number of carbonyl (C=O) groups is 2. The van der Waals surface area contributed by atoms with Crippen molar-refractivity contribution in [3.05, 3.63) is 59.2 Å². The number of hydrogen-bond donors (Lipinski definition) is 2. The van der Waals surface area contributed by atoms with E-state index in [0.717, 1.165) is 13.1 Å². The molecule has 2 aliphatic rings. The van der Waals surface area contributed by atoms with Gasteiger partial charge in [0.2, 0.25) is 11.5 Å². The summed E-state index contributed by atoms with van der Waals surface area (Å²) >= 11 is 0. The van der Waals surface area contributed by atoms with E-state index >= 15 is 4.39 Å². The summed E-state index contributed by atoms with van der Waals surface area (Å²) in [7, 11) is 0. The molecule has 2 amide bonds. The van der Waals surface area contributed by atoms with E-state index in [0.29, 0.717) is 63.1 Å². The smallest absolute Gasteiger partial charge is 0.280 e. The summed E-state index contributed by atoms with van der Waals surface area (Å²) in [5, 5.41) is 3.00. The maximum absolute atomic E-state index is 15.1. The van der Waals surface area contributed by atoms with E-state index in [4.69, 9.17) is 9.47 Å². The van der Waals surface area contributed by atoms with E-state index in [1.165, 1.54) is 30.3 Å². The Morgan fingerprint density at radius 1 is 1.10 bits per heavy atom. The maximum atomic E-state index is 15.1. The van der Waals surface area contributed by atoms with E-state index in [2.05, 4.69) is 20.2 Å². The average molecular weight is 570 g/mol. The van der Waals surface area contributed by atoms with Crippen LogP contribution in [0.15, 0.2) is 41.4 Å². The third-order valence-corrected chi connectivity index (χ3v) is 7.72. The normalized spacial score (nSPS) is 20.5. The van der Waals surface area contributed by atoms with Gasteiger partial charge in [-0.25, -0.2) is 8.78 Å². The highest BCUT2D eigenvalue weighted by Gasteiger charge is 2.29. The molecule has 2 fully saturated rings. The molecule has 220 valence electrons. The van der Waals surface area contributed by atoms with Crippen LogP contribution in [0.5, 0.6) is 5.75 Å². The molecule has 1 saturated carbocycles. The van der Waals surface area contributed by atoms with Gasteiger partial charge in [-0.15, -0.1) is 0 Å². The van der Waals surface area contributed by atoms with Gasteiger partial charge in [-0.05, 0) is 63.8 Å². The van der Waals surface area contributed by atoms with Crippen LogP contribution in [0.1, 0.15) is 55.9 Å². The molecule has 2 aromatic carbocycles. The van der Waals surface area contributed by atoms with Crippen molar-refractivity contribution >= 4 is 22.8 Å². The van der Waals surface area contributed by atoms with Crippen molar-refractivity contribution in [2.24, 2.45) is 10.9 Å². The van der Waals surface area contributed by atoms with Gasteiger partial charge in [0.05, 0.1) is 24.2 Å². The van der Waals surface area contributed by atoms with Gasteiger partial charge in [0, 0.05) is 55.3 Å². The van der Waals surface area contributed by atoms with E-state index in [1.54, 1.807) is 6.07 Å². The standard InChI is InChI=1S/C30H37F2N5O4/c1-19(2)33-28(38)21-5-9-23(10-6-21)37-26-18-27(41-16-13-36-11-14-40-15-12-36)24(32)17-25(26)34-30(37)35-29(39)20-3-7-22(31)8-4-20/h3-4,7-8,17-19,21,23H,5-6,9-16H2,1-2H3,(H,33,38)(H,34,35,39)/t21-,23+. The number of benzene rings is 2. The average Bonchev–Trinajstić information content (AvgIpc) is 3.29. The molecule has 0 radical (unpaired) electrons. The zero-order valence-corrected chi connectivity index (χ0v) is 23.5. The summed E-state index contributed by atoms with van der Waals surface area (Å²) in [4.78, 5) is 35.3. The molecule has 0 bridgehead atoms. The molecule has 3 aromatic rings. The Bertz CT molecular complexity index is 1440. The van der Waals surface area contributed by atoms with E-state index in [9.17, 15) is 14.0 Å². The Kier molecular flexibility index (Phi) is 9.14. The van der Waals surface area contributed by atoms with Gasteiger partial charge in [-0.1, -0.05) is 0 Å². The lowest BCUT2D eigenvalue weighted by atomic mass is 9.85. The summed E-state index contributed by atoms with van der Waals surface area (Å²) in [6, 6.07) is 8.20. The molecule has 1 saturated heterocycles. The van der Waals surface area contributed by atoms with Crippen LogP contribution in [-0.4, -0.2) is 71.8 Å². The monoisotopic (exact) mass is 569 g/mol. The minimum Gasteiger partial charge on any atom is -0.489 e. The molecule has 2 N–H and O–H groups in total. The highest BCUT2D eigenvalue weighted by Crippen LogP contribution is 2.34. The number of fused-ring (bicyclic) bond motifs is 1. The molecule has 0 atom stereocenters. The van der Waals surface area contributed by atoms with Crippen molar-refractivity contribution in [2.45, 2.75) is 51.6 Å². The summed E-state index contributed by atoms with van der Waals surface area (Å²) < 4.78 is 41.7. The van der Waals surface area contributed by atoms with Crippen LogP contribution < -0.4 is 15.7 Å². The second kappa shape index (κ2) is 12.9. The Hall–Kier alpha value is -3.57. The second-order valence-electron chi connectivity index (χ2n) is 11.0. The van der Waals surface area contributed by atoms with Crippen LogP contribution in [0.25, 0.3) is 11.0 Å². The van der Waals surface area contributed by atoms with E-state index < -0.39 is 17.5 Å². The molecule has 0 spiro atoms. The number of ether oxygens (including phenoxy) is 2. The third kappa shape index (κ3) is 7.02. The van der Waals surface area contributed by atoms with Crippen molar-refractivity contribution in [1.29, 1.82) is 0 Å². The third-order valence-electron chi connectivity index (χ3n) is 7.72. The number of carbonyl (C=O) groups excluding carboxylic acids is 2. The number of halogens is 2. The second-order valence-corrected chi connectivity index (χ2v) is 11.0. The molecule has 1 aromatic heterocycles. The lowest BCUT2D eigenvalue weighted by Crippen LogP contribution is -2.38. The lowest BCUT2D eigenvalue weighted by molar-refractivity contribution is -0.126. The van der Waals surface area contributed by atoms with E-state index in [-0.39, 0.29) is 40.8 Å². The molecule has 11 heteroatoms. The van der Waals surface area contributed by atoms with Gasteiger partial charge in [0.1, 0.15) is 12.4 Å². The van der Waals surface area contributed by atoms with Gasteiger partial charge in [0.15, 0.2) is 11.6 Å². The molecule has 1 aliphatic carbocycles. The van der Waals surface area contributed by atoms with Crippen LogP contribution in [0, 0.1) is 17.6 Å². The summed E-state index contributed by atoms with van der Waals surface area (Å²) in [6.07, 6.45) is 2.73. The Morgan fingerprint density at radius 2 is 1.80 bits per heavy atom. The van der Waals surface area contributed by atoms with Crippen LogP contribution in [-0.2, 0) is 9.53 Å². The Balaban J connectivity index is 1.45. The molecule has 2 heterocycles. The quantitative estimate of drug-likeness (QED) is 0.428. The first-order valence-electron chi connectivity index (χ1n) is 14.3. The van der Waals surface area contributed by atoms with Crippen LogP contribution in [0.4, 0.5) is 8.78 Å². The first kappa shape index (κ1) is 28.9. The predicted octanol–water partition coefficient (Wildman–Crippen LogP) is 3.96. The zero-order chi connectivity index (χ0) is 28.9. The number of H-pyrrole nitrogens is 1. The van der Waals surface area contributed by atoms with Gasteiger partial charge in [-0.2, -0.15) is 4.99 Å². The minimum absolute atomic E-state index is 0.0526. The number of nitrogens with one attached hydrogen (secondary N) is 2. The first-order valence-corrected chi connectivity index (χ1v) is 14.3. The predicted molar refractivity (Wildman–Crippen MR) is 150 cm³/mol. The largest absolute Gasteiger partial charge is 0.489 e. The molecule has 41 heavy (non-hydrogen) atoms. The fourth-order valence-electron chi connectivity index (χ4n) is 5.56. The first-order chi connectivity index (χ1) is 19.8. The molecular formula is C30H37F2N5O4. The van der Waals surface area contributed by atoms with Gasteiger partial charge in [-0.3, -0.25) is 14.5 Å². The van der Waals surface area contributed by atoms with E-state index in [1.807, 2.05) is 18.4 Å². The summed E-state index contributed by atoms with van der Waals surface area (Å²) in [5.74, 6) is -1.41. The van der Waals surface area contributed by atoms with Crippen molar-refractivity contribution in [3.8, 4) is 5.75 Å². The maximum Gasteiger partial charge on any atom is 0.280 e. The Labute approximate surface area is 237 Å². The number of aromatic nitrogens is 2. The van der Waals surface area contributed by atoms with Crippen molar-refractivity contribution in [3.63, 3.8) is 0 Å².